The van der Waals surface area contributed by atoms with Gasteiger partial charge in [0.1, 0.15) is 11.5 Å². The van der Waals surface area contributed by atoms with Crippen LogP contribution in [-0.4, -0.2) is 9.38 Å². The van der Waals surface area contributed by atoms with Gasteiger partial charge < -0.3 is 4.40 Å². The summed E-state index contributed by atoms with van der Waals surface area (Å²) in [5, 5.41) is 0. The second-order valence-electron chi connectivity index (χ2n) is 4.45. The Morgan fingerprint density at radius 3 is 2.63 bits per heavy atom. The standard InChI is InChI=1S/C15H12ClFN2/c1-10-15(12-2-4-13(17)5-3-12)18-14-8-11(9-16)6-7-19(10)14/h2-8H,9H2,1H3. The van der Waals surface area contributed by atoms with Crippen molar-refractivity contribution in [2.45, 2.75) is 12.8 Å². The number of hydrogen-bond donors (Lipinski definition) is 0. The number of halogens is 2. The van der Waals surface area contributed by atoms with E-state index in [0.717, 1.165) is 28.2 Å². The zero-order chi connectivity index (χ0) is 13.4. The largest absolute Gasteiger partial charge is 0.304 e. The second kappa shape index (κ2) is 4.67. The lowest BCUT2D eigenvalue weighted by molar-refractivity contribution is 0.628. The van der Waals surface area contributed by atoms with Crippen molar-refractivity contribution in [3.05, 3.63) is 59.7 Å². The van der Waals surface area contributed by atoms with Gasteiger partial charge in [0.05, 0.1) is 5.69 Å². The Hall–Kier alpha value is -1.87. The molecule has 19 heavy (non-hydrogen) atoms. The summed E-state index contributed by atoms with van der Waals surface area (Å²) in [7, 11) is 0. The van der Waals surface area contributed by atoms with Crippen LogP contribution in [0, 0.1) is 12.7 Å². The Bertz CT molecular complexity index is 732. The minimum absolute atomic E-state index is 0.241. The summed E-state index contributed by atoms with van der Waals surface area (Å²) in [5.41, 5.74) is 4.70. The minimum Gasteiger partial charge on any atom is -0.304 e. The molecule has 1 aromatic carbocycles. The molecular formula is C15H12ClFN2. The summed E-state index contributed by atoms with van der Waals surface area (Å²) in [5.74, 6) is 0.225. The molecule has 2 nitrogen and oxygen atoms in total. The maximum Gasteiger partial charge on any atom is 0.137 e. The van der Waals surface area contributed by atoms with Crippen LogP contribution in [0.2, 0.25) is 0 Å². The molecule has 2 aromatic heterocycles. The summed E-state index contributed by atoms with van der Waals surface area (Å²) in [6.07, 6.45) is 1.96. The van der Waals surface area contributed by atoms with E-state index < -0.39 is 0 Å². The number of benzene rings is 1. The van der Waals surface area contributed by atoms with Crippen molar-refractivity contribution in [3.8, 4) is 11.3 Å². The Balaban J connectivity index is 2.19. The highest BCUT2D eigenvalue weighted by Crippen LogP contribution is 2.24. The summed E-state index contributed by atoms with van der Waals surface area (Å²) in [4.78, 5) is 4.60. The maximum atomic E-state index is 13.0. The van der Waals surface area contributed by atoms with Crippen LogP contribution in [-0.2, 0) is 5.88 Å². The van der Waals surface area contributed by atoms with Crippen LogP contribution in [0.1, 0.15) is 11.3 Å². The Morgan fingerprint density at radius 1 is 1.21 bits per heavy atom. The smallest absolute Gasteiger partial charge is 0.137 e. The number of imidazole rings is 1. The average Bonchev–Trinajstić information content (AvgIpc) is 2.76. The van der Waals surface area contributed by atoms with E-state index in [2.05, 4.69) is 4.98 Å². The fraction of sp³-hybridized carbons (Fsp3) is 0.133. The highest BCUT2D eigenvalue weighted by Gasteiger charge is 2.10. The van der Waals surface area contributed by atoms with Crippen LogP contribution in [0.5, 0.6) is 0 Å². The van der Waals surface area contributed by atoms with E-state index in [-0.39, 0.29) is 5.82 Å². The van der Waals surface area contributed by atoms with E-state index in [1.54, 1.807) is 12.1 Å². The molecule has 0 saturated carbocycles. The summed E-state index contributed by atoms with van der Waals surface area (Å²) in [6.45, 7) is 2.00. The lowest BCUT2D eigenvalue weighted by Gasteiger charge is -2.00. The number of rotatable bonds is 2. The monoisotopic (exact) mass is 274 g/mol. The molecule has 96 valence electrons. The molecule has 0 saturated heterocycles. The Morgan fingerprint density at radius 2 is 1.95 bits per heavy atom. The van der Waals surface area contributed by atoms with E-state index in [4.69, 9.17) is 11.6 Å². The highest BCUT2D eigenvalue weighted by atomic mass is 35.5. The molecule has 0 fully saturated rings. The lowest BCUT2D eigenvalue weighted by atomic mass is 10.1. The van der Waals surface area contributed by atoms with Crippen LogP contribution in [0.15, 0.2) is 42.6 Å². The molecule has 4 heteroatoms. The third-order valence-corrected chi connectivity index (χ3v) is 3.51. The molecule has 0 atom stereocenters. The first-order valence-corrected chi connectivity index (χ1v) is 6.52. The van der Waals surface area contributed by atoms with Gasteiger partial charge in [-0.25, -0.2) is 9.37 Å². The van der Waals surface area contributed by atoms with E-state index in [1.165, 1.54) is 12.1 Å². The fourth-order valence-electron chi connectivity index (χ4n) is 2.17. The number of nitrogens with zero attached hydrogens (tertiary/aromatic N) is 2. The zero-order valence-electron chi connectivity index (χ0n) is 10.4. The molecule has 0 bridgehead atoms. The normalized spacial score (nSPS) is 11.1. The number of hydrogen-bond acceptors (Lipinski definition) is 1. The fourth-order valence-corrected chi connectivity index (χ4v) is 2.34. The molecule has 0 unspecified atom stereocenters. The van der Waals surface area contributed by atoms with Crippen LogP contribution in [0.25, 0.3) is 16.9 Å². The van der Waals surface area contributed by atoms with Crippen molar-refractivity contribution in [2.75, 3.05) is 0 Å². The number of fused-ring (bicyclic) bond motifs is 1. The molecule has 0 N–H and O–H groups in total. The van der Waals surface area contributed by atoms with Crippen molar-refractivity contribution in [1.82, 2.24) is 9.38 Å². The second-order valence-corrected chi connectivity index (χ2v) is 4.72. The van der Waals surface area contributed by atoms with Crippen LogP contribution in [0.3, 0.4) is 0 Å². The first-order valence-electron chi connectivity index (χ1n) is 5.98. The Kier molecular flexibility index (Phi) is 2.99. The van der Waals surface area contributed by atoms with Gasteiger partial charge in [-0.15, -0.1) is 11.6 Å². The van der Waals surface area contributed by atoms with Crippen molar-refractivity contribution in [1.29, 1.82) is 0 Å². The predicted molar refractivity (Wildman–Crippen MR) is 74.9 cm³/mol. The van der Waals surface area contributed by atoms with E-state index in [0.29, 0.717) is 5.88 Å². The SMILES string of the molecule is Cc1c(-c2ccc(F)cc2)nc2cc(CCl)ccn12. The zero-order valence-corrected chi connectivity index (χ0v) is 11.2. The van der Waals surface area contributed by atoms with Crippen molar-refractivity contribution in [2.24, 2.45) is 0 Å². The van der Waals surface area contributed by atoms with Gasteiger partial charge >= 0.3 is 0 Å². The summed E-state index contributed by atoms with van der Waals surface area (Å²) in [6, 6.07) is 10.3. The summed E-state index contributed by atoms with van der Waals surface area (Å²) < 4.78 is 15.0. The molecule has 0 aliphatic rings. The highest BCUT2D eigenvalue weighted by molar-refractivity contribution is 6.17. The molecule has 0 aliphatic heterocycles. The molecular weight excluding hydrogens is 263 g/mol. The molecule has 3 aromatic rings. The topological polar surface area (TPSA) is 17.3 Å². The van der Waals surface area contributed by atoms with E-state index >= 15 is 0 Å². The molecule has 3 rings (SSSR count). The van der Waals surface area contributed by atoms with Gasteiger partial charge in [-0.1, -0.05) is 0 Å². The van der Waals surface area contributed by atoms with Crippen LogP contribution in [0.4, 0.5) is 4.39 Å². The molecule has 0 radical (unpaired) electrons. The van der Waals surface area contributed by atoms with Crippen molar-refractivity contribution < 1.29 is 4.39 Å². The van der Waals surface area contributed by atoms with E-state index in [9.17, 15) is 4.39 Å². The number of aryl methyl sites for hydroxylation is 1. The van der Waals surface area contributed by atoms with Gasteiger partial charge in [-0.2, -0.15) is 0 Å². The minimum atomic E-state index is -0.241. The molecule has 0 spiro atoms. The first kappa shape index (κ1) is 12.2. The number of pyridine rings is 1. The third-order valence-electron chi connectivity index (χ3n) is 3.20. The van der Waals surface area contributed by atoms with Gasteiger partial charge in [0.25, 0.3) is 0 Å². The van der Waals surface area contributed by atoms with Gasteiger partial charge in [-0.3, -0.25) is 0 Å². The van der Waals surface area contributed by atoms with Crippen LogP contribution >= 0.6 is 11.6 Å². The van der Waals surface area contributed by atoms with Gasteiger partial charge in [0, 0.05) is 23.3 Å². The molecule has 0 aliphatic carbocycles. The quantitative estimate of drug-likeness (QED) is 0.641. The Labute approximate surface area is 115 Å². The van der Waals surface area contributed by atoms with Crippen molar-refractivity contribution >= 4 is 17.2 Å². The lowest BCUT2D eigenvalue weighted by Crippen LogP contribution is -1.89. The number of alkyl halides is 1. The van der Waals surface area contributed by atoms with Gasteiger partial charge in [0.2, 0.25) is 0 Å². The molecule has 0 amide bonds. The van der Waals surface area contributed by atoms with Gasteiger partial charge in [-0.05, 0) is 48.9 Å². The summed E-state index contributed by atoms with van der Waals surface area (Å²) >= 11 is 5.83. The van der Waals surface area contributed by atoms with Gasteiger partial charge in [0.15, 0.2) is 0 Å². The average molecular weight is 275 g/mol. The van der Waals surface area contributed by atoms with Crippen molar-refractivity contribution in [3.63, 3.8) is 0 Å². The predicted octanol–water partition coefficient (Wildman–Crippen LogP) is 4.19. The van der Waals surface area contributed by atoms with E-state index in [1.807, 2.05) is 29.7 Å². The molecule has 2 heterocycles. The van der Waals surface area contributed by atoms with Crippen LogP contribution < -0.4 is 0 Å². The first-order chi connectivity index (χ1) is 9.19. The maximum absolute atomic E-state index is 13.0. The number of aromatic nitrogens is 2. The third kappa shape index (κ3) is 2.10.